The van der Waals surface area contributed by atoms with E-state index in [0.29, 0.717) is 12.1 Å². The summed E-state index contributed by atoms with van der Waals surface area (Å²) < 4.78 is 0. The van der Waals surface area contributed by atoms with Crippen LogP contribution in [0.2, 0.25) is 0 Å². The molecule has 1 N–H and O–H groups in total. The summed E-state index contributed by atoms with van der Waals surface area (Å²) in [5, 5.41) is 6.95. The van der Waals surface area contributed by atoms with Gasteiger partial charge in [-0.3, -0.25) is 0 Å². The highest BCUT2D eigenvalue weighted by molar-refractivity contribution is 7.09. The van der Waals surface area contributed by atoms with Gasteiger partial charge in [-0.15, -0.1) is 11.3 Å². The Labute approximate surface area is 126 Å². The van der Waals surface area contributed by atoms with Crippen molar-refractivity contribution in [1.82, 2.24) is 10.3 Å². The van der Waals surface area contributed by atoms with Gasteiger partial charge in [0.2, 0.25) is 0 Å². The van der Waals surface area contributed by atoms with E-state index in [2.05, 4.69) is 54.5 Å². The van der Waals surface area contributed by atoms with Crippen LogP contribution in [0.25, 0.3) is 0 Å². The summed E-state index contributed by atoms with van der Waals surface area (Å²) in [5.74, 6) is 0. The zero-order chi connectivity index (χ0) is 14.2. The van der Waals surface area contributed by atoms with Gasteiger partial charge in [0.05, 0.1) is 6.04 Å². The van der Waals surface area contributed by atoms with Crippen molar-refractivity contribution in [2.75, 3.05) is 0 Å². The lowest BCUT2D eigenvalue weighted by Crippen LogP contribution is -2.24. The maximum atomic E-state index is 4.42. The van der Waals surface area contributed by atoms with E-state index in [0.717, 1.165) is 0 Å². The van der Waals surface area contributed by atoms with Crippen LogP contribution in [-0.2, 0) is 0 Å². The van der Waals surface area contributed by atoms with Crippen LogP contribution in [0.4, 0.5) is 0 Å². The molecule has 0 aliphatic rings. The Morgan fingerprint density at radius 1 is 1.20 bits per heavy atom. The first-order valence-corrected chi connectivity index (χ1v) is 8.39. The fraction of sp³-hybridized carbons (Fsp3) is 0.471. The van der Waals surface area contributed by atoms with Crippen LogP contribution in [0.3, 0.4) is 0 Å². The first kappa shape index (κ1) is 15.2. The highest BCUT2D eigenvalue weighted by Crippen LogP contribution is 2.25. The van der Waals surface area contributed by atoms with Crippen LogP contribution in [-0.4, -0.2) is 4.98 Å². The molecule has 1 aromatic heterocycles. The predicted molar refractivity (Wildman–Crippen MR) is 87.0 cm³/mol. The molecule has 2 aromatic rings. The van der Waals surface area contributed by atoms with E-state index in [-0.39, 0.29) is 0 Å². The number of nitrogens with one attached hydrogen (secondary N) is 1. The number of benzene rings is 1. The third kappa shape index (κ3) is 4.43. The Balaban J connectivity index is 2.02. The Kier molecular flexibility index (Phi) is 6.22. The summed E-state index contributed by atoms with van der Waals surface area (Å²) in [6, 6.07) is 11.5. The normalized spacial score (nSPS) is 14.1. The van der Waals surface area contributed by atoms with Crippen LogP contribution < -0.4 is 5.32 Å². The molecule has 0 fully saturated rings. The molecule has 0 bridgehead atoms. The third-order valence-electron chi connectivity index (χ3n) is 3.57. The molecule has 2 unspecified atom stereocenters. The minimum atomic E-state index is 0.307. The molecule has 2 rings (SSSR count). The lowest BCUT2D eigenvalue weighted by atomic mass is 9.99. The molecule has 0 amide bonds. The SMILES string of the molecule is CCCCCC(NC(C)c1nccs1)c1ccccc1. The zero-order valence-electron chi connectivity index (χ0n) is 12.4. The predicted octanol–water partition coefficient (Wildman–Crippen LogP) is 5.12. The lowest BCUT2D eigenvalue weighted by molar-refractivity contribution is 0.426. The topological polar surface area (TPSA) is 24.9 Å². The van der Waals surface area contributed by atoms with Crippen molar-refractivity contribution >= 4 is 11.3 Å². The smallest absolute Gasteiger partial charge is 0.109 e. The second-order valence-electron chi connectivity index (χ2n) is 5.22. The Morgan fingerprint density at radius 2 is 2.00 bits per heavy atom. The molecule has 2 nitrogen and oxygen atoms in total. The molecule has 0 saturated heterocycles. The molecule has 108 valence electrons. The molecule has 0 aliphatic carbocycles. The summed E-state index contributed by atoms with van der Waals surface area (Å²) >= 11 is 1.72. The largest absolute Gasteiger partial charge is 0.301 e. The van der Waals surface area contributed by atoms with E-state index in [1.165, 1.54) is 36.3 Å². The number of aromatic nitrogens is 1. The average Bonchev–Trinajstić information content (AvgIpc) is 3.01. The van der Waals surface area contributed by atoms with Crippen molar-refractivity contribution in [3.63, 3.8) is 0 Å². The summed E-state index contributed by atoms with van der Waals surface area (Å²) in [4.78, 5) is 4.42. The molecule has 0 saturated carbocycles. The van der Waals surface area contributed by atoms with Gasteiger partial charge in [-0.2, -0.15) is 0 Å². The Hall–Kier alpha value is -1.19. The lowest BCUT2D eigenvalue weighted by Gasteiger charge is -2.23. The van der Waals surface area contributed by atoms with Crippen LogP contribution in [0.1, 0.15) is 62.2 Å². The van der Waals surface area contributed by atoms with E-state index in [4.69, 9.17) is 0 Å². The highest BCUT2D eigenvalue weighted by Gasteiger charge is 2.16. The summed E-state index contributed by atoms with van der Waals surface area (Å²) in [6.45, 7) is 4.46. The van der Waals surface area contributed by atoms with Crippen LogP contribution in [0, 0.1) is 0 Å². The fourth-order valence-corrected chi connectivity index (χ4v) is 3.11. The number of hydrogen-bond acceptors (Lipinski definition) is 3. The van der Waals surface area contributed by atoms with Gasteiger partial charge in [-0.25, -0.2) is 4.98 Å². The fourth-order valence-electron chi connectivity index (χ4n) is 2.45. The molecular weight excluding hydrogens is 264 g/mol. The number of nitrogens with zero attached hydrogens (tertiary/aromatic N) is 1. The highest BCUT2D eigenvalue weighted by atomic mass is 32.1. The summed E-state index contributed by atoms with van der Waals surface area (Å²) in [6.07, 6.45) is 6.91. The summed E-state index contributed by atoms with van der Waals surface area (Å²) in [7, 11) is 0. The molecule has 2 atom stereocenters. The van der Waals surface area contributed by atoms with Crippen molar-refractivity contribution in [3.8, 4) is 0 Å². The van der Waals surface area contributed by atoms with Gasteiger partial charge in [-0.05, 0) is 18.9 Å². The van der Waals surface area contributed by atoms with Crippen LogP contribution >= 0.6 is 11.3 Å². The molecule has 20 heavy (non-hydrogen) atoms. The molecule has 0 radical (unpaired) electrons. The van der Waals surface area contributed by atoms with Crippen molar-refractivity contribution in [2.45, 2.75) is 51.6 Å². The van der Waals surface area contributed by atoms with Crippen molar-refractivity contribution in [1.29, 1.82) is 0 Å². The molecular formula is C17H24N2S. The van der Waals surface area contributed by atoms with Crippen LogP contribution in [0.5, 0.6) is 0 Å². The van der Waals surface area contributed by atoms with Gasteiger partial charge < -0.3 is 5.32 Å². The van der Waals surface area contributed by atoms with Crippen LogP contribution in [0.15, 0.2) is 41.9 Å². The first-order valence-electron chi connectivity index (χ1n) is 7.51. The van der Waals surface area contributed by atoms with E-state index in [1.807, 2.05) is 11.6 Å². The molecule has 0 aliphatic heterocycles. The Morgan fingerprint density at radius 3 is 2.65 bits per heavy atom. The molecule has 1 heterocycles. The second kappa shape index (κ2) is 8.18. The third-order valence-corrected chi connectivity index (χ3v) is 4.53. The maximum Gasteiger partial charge on any atom is 0.109 e. The van der Waals surface area contributed by atoms with Crippen molar-refractivity contribution < 1.29 is 0 Å². The molecule has 3 heteroatoms. The number of thiazole rings is 1. The van der Waals surface area contributed by atoms with E-state index >= 15 is 0 Å². The number of unbranched alkanes of at least 4 members (excludes halogenated alkanes) is 2. The number of hydrogen-bond donors (Lipinski definition) is 1. The van der Waals surface area contributed by atoms with Gasteiger partial charge in [0.25, 0.3) is 0 Å². The van der Waals surface area contributed by atoms with E-state index in [9.17, 15) is 0 Å². The standard InChI is InChI=1S/C17H24N2S/c1-3-4-6-11-16(15-9-7-5-8-10-15)19-14(2)17-18-12-13-20-17/h5,7-10,12-14,16,19H,3-4,6,11H2,1-2H3. The van der Waals surface area contributed by atoms with Gasteiger partial charge in [0, 0.05) is 17.6 Å². The zero-order valence-corrected chi connectivity index (χ0v) is 13.2. The minimum absolute atomic E-state index is 0.307. The second-order valence-corrected chi connectivity index (χ2v) is 6.14. The van der Waals surface area contributed by atoms with Gasteiger partial charge >= 0.3 is 0 Å². The van der Waals surface area contributed by atoms with Gasteiger partial charge in [0.1, 0.15) is 5.01 Å². The summed E-state index contributed by atoms with van der Waals surface area (Å²) in [5.41, 5.74) is 1.38. The quantitative estimate of drug-likeness (QED) is 0.682. The minimum Gasteiger partial charge on any atom is -0.301 e. The molecule has 1 aromatic carbocycles. The monoisotopic (exact) mass is 288 g/mol. The van der Waals surface area contributed by atoms with Crippen molar-refractivity contribution in [2.24, 2.45) is 0 Å². The van der Waals surface area contributed by atoms with Crippen molar-refractivity contribution in [3.05, 3.63) is 52.5 Å². The maximum absolute atomic E-state index is 4.42. The molecule has 0 spiro atoms. The Bertz CT molecular complexity index is 467. The van der Waals surface area contributed by atoms with Gasteiger partial charge in [0.15, 0.2) is 0 Å². The van der Waals surface area contributed by atoms with E-state index in [1.54, 1.807) is 11.3 Å². The first-order chi connectivity index (χ1) is 9.81. The van der Waals surface area contributed by atoms with E-state index < -0.39 is 0 Å². The average molecular weight is 288 g/mol. The number of rotatable bonds is 8. The van der Waals surface area contributed by atoms with Gasteiger partial charge in [-0.1, -0.05) is 56.5 Å².